The van der Waals surface area contributed by atoms with Crippen molar-refractivity contribution in [2.75, 3.05) is 61.6 Å². The number of methoxy groups -OCH3 is 1. The maximum absolute atomic E-state index is 11.6. The number of para-hydroxylation sites is 2. The Morgan fingerprint density at radius 1 is 1.17 bits per heavy atom. The molecule has 2 N–H and O–H groups in total. The zero-order valence-corrected chi connectivity index (χ0v) is 16.4. The van der Waals surface area contributed by atoms with Gasteiger partial charge in [0.15, 0.2) is 5.52 Å². The molecular weight excluding hydrogens is 392 g/mol. The number of aliphatic hydroxyl groups excluding tert-OH is 1. The van der Waals surface area contributed by atoms with Gasteiger partial charge in [0.1, 0.15) is 11.4 Å². The van der Waals surface area contributed by atoms with Crippen LogP contribution in [0.25, 0.3) is 11.0 Å². The van der Waals surface area contributed by atoms with Crippen LogP contribution in [-0.2, 0) is 0 Å². The molecule has 0 bridgehead atoms. The van der Waals surface area contributed by atoms with Gasteiger partial charge in [-0.2, -0.15) is 0 Å². The molecule has 0 aliphatic carbocycles. The summed E-state index contributed by atoms with van der Waals surface area (Å²) in [4.78, 5) is 15.4. The Balaban J connectivity index is 1.63. The Morgan fingerprint density at radius 3 is 2.50 bits per heavy atom. The molecule has 1 aliphatic heterocycles. The normalized spacial score (nSPS) is 14.2. The van der Waals surface area contributed by atoms with Gasteiger partial charge in [0.2, 0.25) is 5.52 Å². The fourth-order valence-corrected chi connectivity index (χ4v) is 3.74. The smallest absolute Gasteiger partial charge is 0.323 e. The molecule has 3 aromatic rings. The first kappa shape index (κ1) is 19.7. The number of benzene rings is 2. The minimum Gasteiger partial charge on any atom is -0.495 e. The molecule has 4 rings (SSSR count). The third-order valence-corrected chi connectivity index (χ3v) is 5.15. The third kappa shape index (κ3) is 3.54. The van der Waals surface area contributed by atoms with Crippen LogP contribution in [0.3, 0.4) is 0 Å². The van der Waals surface area contributed by atoms with E-state index in [9.17, 15) is 10.1 Å². The van der Waals surface area contributed by atoms with Gasteiger partial charge in [-0.25, -0.2) is 4.63 Å². The lowest BCUT2D eigenvalue weighted by atomic mass is 10.1. The van der Waals surface area contributed by atoms with E-state index in [0.717, 1.165) is 24.5 Å². The van der Waals surface area contributed by atoms with Gasteiger partial charge in [0.25, 0.3) is 0 Å². The van der Waals surface area contributed by atoms with Gasteiger partial charge in [0.05, 0.1) is 30.0 Å². The summed E-state index contributed by atoms with van der Waals surface area (Å²) in [6.45, 7) is 2.86. The first-order chi connectivity index (χ1) is 14.6. The van der Waals surface area contributed by atoms with Crippen LogP contribution in [0.1, 0.15) is 0 Å². The number of ether oxygens (including phenoxy) is 1. The van der Waals surface area contributed by atoms with E-state index in [1.807, 2.05) is 24.3 Å². The molecule has 0 spiro atoms. The summed E-state index contributed by atoms with van der Waals surface area (Å²) in [5.74, 6) is 0.819. The number of rotatable bonds is 7. The number of aliphatic hydroxyl groups is 1. The summed E-state index contributed by atoms with van der Waals surface area (Å²) in [5.41, 5.74) is 2.24. The Kier molecular flexibility index (Phi) is 5.53. The summed E-state index contributed by atoms with van der Waals surface area (Å²) >= 11 is 0. The van der Waals surface area contributed by atoms with E-state index in [2.05, 4.69) is 25.4 Å². The van der Waals surface area contributed by atoms with E-state index in [0.29, 0.717) is 24.3 Å². The maximum Gasteiger partial charge on any atom is 0.323 e. The van der Waals surface area contributed by atoms with Crippen molar-refractivity contribution in [1.29, 1.82) is 0 Å². The average Bonchev–Trinajstić information content (AvgIpc) is 3.26. The molecule has 1 saturated heterocycles. The second-order valence-electron chi connectivity index (χ2n) is 6.81. The molecule has 0 radical (unpaired) electrons. The van der Waals surface area contributed by atoms with Gasteiger partial charge in [-0.05, 0) is 28.5 Å². The second kappa shape index (κ2) is 8.41. The molecule has 1 aliphatic rings. The van der Waals surface area contributed by atoms with E-state index < -0.39 is 4.92 Å². The van der Waals surface area contributed by atoms with Crippen molar-refractivity contribution < 1.29 is 19.4 Å². The minimum absolute atomic E-state index is 0.0881. The van der Waals surface area contributed by atoms with Crippen molar-refractivity contribution in [2.45, 2.75) is 0 Å². The molecule has 0 unspecified atom stereocenters. The number of nitrogens with one attached hydrogen (secondary N) is 1. The van der Waals surface area contributed by atoms with Crippen molar-refractivity contribution in [1.82, 2.24) is 10.3 Å². The fourth-order valence-electron chi connectivity index (χ4n) is 3.74. The van der Waals surface area contributed by atoms with Crippen LogP contribution in [0.4, 0.5) is 22.7 Å². The number of aromatic nitrogens is 2. The van der Waals surface area contributed by atoms with Crippen molar-refractivity contribution in [3.8, 4) is 5.75 Å². The molecule has 2 aromatic carbocycles. The number of fused-ring (bicyclic) bond motifs is 1. The predicted molar refractivity (Wildman–Crippen MR) is 111 cm³/mol. The first-order valence-electron chi connectivity index (χ1n) is 9.55. The van der Waals surface area contributed by atoms with Gasteiger partial charge < -0.3 is 25.0 Å². The standard InChI is InChI=1S/C19H22N6O5/c1-29-16-5-3-2-4-14(16)23-7-9-24(10-8-23)15-12-13(20-6-11-26)19(25(27)28)18-17(15)21-30-22-18/h2-5,12,20,26H,6-11H2,1H3. The summed E-state index contributed by atoms with van der Waals surface area (Å²) in [6.07, 6.45) is 0. The lowest BCUT2D eigenvalue weighted by Crippen LogP contribution is -2.46. The predicted octanol–water partition coefficient (Wildman–Crippen LogP) is 1.87. The lowest BCUT2D eigenvalue weighted by Gasteiger charge is -2.37. The summed E-state index contributed by atoms with van der Waals surface area (Å²) in [6, 6.07) is 9.55. The SMILES string of the molecule is COc1ccccc1N1CCN(c2cc(NCCO)c([N+](=O)[O-])c3nonc23)CC1. The molecule has 0 saturated carbocycles. The van der Waals surface area contributed by atoms with Crippen LogP contribution in [-0.4, -0.2) is 66.8 Å². The second-order valence-corrected chi connectivity index (χ2v) is 6.81. The lowest BCUT2D eigenvalue weighted by molar-refractivity contribution is -0.382. The molecule has 1 aromatic heterocycles. The van der Waals surface area contributed by atoms with Gasteiger partial charge in [-0.3, -0.25) is 10.1 Å². The molecule has 11 heteroatoms. The quantitative estimate of drug-likeness (QED) is 0.436. The molecule has 30 heavy (non-hydrogen) atoms. The van der Waals surface area contributed by atoms with Crippen molar-refractivity contribution >= 4 is 33.8 Å². The molecule has 11 nitrogen and oxygen atoms in total. The molecule has 158 valence electrons. The number of nitrogens with zero attached hydrogens (tertiary/aromatic N) is 5. The van der Waals surface area contributed by atoms with Gasteiger partial charge in [-0.15, -0.1) is 0 Å². The van der Waals surface area contributed by atoms with Crippen molar-refractivity contribution in [2.24, 2.45) is 0 Å². The third-order valence-electron chi connectivity index (χ3n) is 5.15. The highest BCUT2D eigenvalue weighted by Gasteiger charge is 2.29. The van der Waals surface area contributed by atoms with E-state index >= 15 is 0 Å². The molecule has 1 fully saturated rings. The highest BCUT2D eigenvalue weighted by molar-refractivity contribution is 5.99. The Hall–Kier alpha value is -3.60. The van der Waals surface area contributed by atoms with Crippen LogP contribution < -0.4 is 19.9 Å². The number of anilines is 3. The molecule has 0 amide bonds. The van der Waals surface area contributed by atoms with Crippen LogP contribution in [0.5, 0.6) is 5.75 Å². The van der Waals surface area contributed by atoms with Crippen molar-refractivity contribution in [3.63, 3.8) is 0 Å². The van der Waals surface area contributed by atoms with Crippen LogP contribution >= 0.6 is 0 Å². The van der Waals surface area contributed by atoms with Crippen molar-refractivity contribution in [3.05, 3.63) is 40.4 Å². The van der Waals surface area contributed by atoms with Gasteiger partial charge in [-0.1, -0.05) is 12.1 Å². The summed E-state index contributed by atoms with van der Waals surface area (Å²) in [7, 11) is 1.65. The molecule has 0 atom stereocenters. The Morgan fingerprint density at radius 2 is 1.83 bits per heavy atom. The van der Waals surface area contributed by atoms with E-state index in [-0.39, 0.29) is 30.0 Å². The van der Waals surface area contributed by atoms with E-state index in [1.54, 1.807) is 13.2 Å². The minimum atomic E-state index is -0.518. The first-order valence-corrected chi connectivity index (χ1v) is 9.55. The highest BCUT2D eigenvalue weighted by atomic mass is 16.6. The Labute approximate surface area is 171 Å². The number of nitro groups is 1. The topological polar surface area (TPSA) is 130 Å². The summed E-state index contributed by atoms with van der Waals surface area (Å²) < 4.78 is 10.3. The Bertz CT molecular complexity index is 1050. The number of piperazine rings is 1. The zero-order chi connectivity index (χ0) is 21.1. The molecule has 2 heterocycles. The average molecular weight is 414 g/mol. The highest BCUT2D eigenvalue weighted by Crippen LogP contribution is 2.39. The molecular formula is C19H22N6O5. The van der Waals surface area contributed by atoms with Crippen LogP contribution in [0.15, 0.2) is 35.0 Å². The maximum atomic E-state index is 11.6. The van der Waals surface area contributed by atoms with E-state index in [1.165, 1.54) is 0 Å². The number of nitro benzene ring substituents is 1. The van der Waals surface area contributed by atoms with Gasteiger partial charge in [0, 0.05) is 32.7 Å². The largest absolute Gasteiger partial charge is 0.495 e. The number of hydrogen-bond acceptors (Lipinski definition) is 10. The van der Waals surface area contributed by atoms with E-state index in [4.69, 9.17) is 14.5 Å². The number of hydrogen-bond donors (Lipinski definition) is 2. The fraction of sp³-hybridized carbons (Fsp3) is 0.368. The van der Waals surface area contributed by atoms with Gasteiger partial charge >= 0.3 is 5.69 Å². The zero-order valence-electron chi connectivity index (χ0n) is 16.4. The van der Waals surface area contributed by atoms with Crippen LogP contribution in [0, 0.1) is 10.1 Å². The monoisotopic (exact) mass is 414 g/mol. The van der Waals surface area contributed by atoms with Crippen LogP contribution in [0.2, 0.25) is 0 Å². The summed E-state index contributed by atoms with van der Waals surface area (Å²) in [5, 5.41) is 31.3.